The van der Waals surface area contributed by atoms with Crippen molar-refractivity contribution in [3.8, 4) is 0 Å². The van der Waals surface area contributed by atoms with E-state index in [4.69, 9.17) is 0 Å². The van der Waals surface area contributed by atoms with Gasteiger partial charge in [-0.2, -0.15) is 13.2 Å². The fourth-order valence-electron chi connectivity index (χ4n) is 2.08. The van der Waals surface area contributed by atoms with Gasteiger partial charge in [-0.3, -0.25) is 0 Å². The summed E-state index contributed by atoms with van der Waals surface area (Å²) in [5.41, 5.74) is 1.07. The third kappa shape index (κ3) is 3.54. The lowest BCUT2D eigenvalue weighted by molar-refractivity contribution is -0.137. The molecule has 1 nitrogen and oxygen atoms in total. The molecule has 0 aliphatic heterocycles. The molecule has 0 amide bonds. The molecule has 1 N–H and O–H groups in total. The average Bonchev–Trinajstić information content (AvgIpc) is 2.42. The number of benzene rings is 2. The van der Waals surface area contributed by atoms with E-state index in [1.807, 2.05) is 0 Å². The van der Waals surface area contributed by atoms with Crippen LogP contribution in [0.1, 0.15) is 29.7 Å². The normalized spacial score (nSPS) is 13.0. The molecule has 2 rings (SSSR count). The van der Waals surface area contributed by atoms with Gasteiger partial charge in [0.05, 0.1) is 11.3 Å². The lowest BCUT2D eigenvalue weighted by Crippen LogP contribution is -2.10. The smallest absolute Gasteiger partial charge is 0.376 e. The second-order valence-electron chi connectivity index (χ2n) is 4.92. The molecule has 5 heteroatoms. The Labute approximate surface area is 120 Å². The van der Waals surface area contributed by atoms with Crippen LogP contribution in [0.4, 0.5) is 23.2 Å². The van der Waals surface area contributed by atoms with Gasteiger partial charge >= 0.3 is 6.18 Å². The molecule has 0 radical (unpaired) electrons. The maximum absolute atomic E-state index is 13.7. The standard InChI is InChI=1S/C16H15F4N/c1-10-4-3-5-14(17)15(10)21-11(2)12-6-8-13(9-7-12)16(18,19)20/h3-9,11,21H,1-2H3. The molecule has 0 saturated carbocycles. The van der Waals surface area contributed by atoms with Crippen molar-refractivity contribution in [2.24, 2.45) is 0 Å². The Balaban J connectivity index is 2.19. The predicted octanol–water partition coefficient (Wildman–Crippen LogP) is 5.33. The van der Waals surface area contributed by atoms with Gasteiger partial charge < -0.3 is 5.32 Å². The Morgan fingerprint density at radius 2 is 1.62 bits per heavy atom. The molecule has 0 aliphatic carbocycles. The van der Waals surface area contributed by atoms with Gasteiger partial charge in [-0.05, 0) is 43.2 Å². The topological polar surface area (TPSA) is 12.0 Å². The van der Waals surface area contributed by atoms with Crippen molar-refractivity contribution in [3.05, 3.63) is 65.0 Å². The third-order valence-electron chi connectivity index (χ3n) is 3.32. The van der Waals surface area contributed by atoms with Crippen molar-refractivity contribution in [3.63, 3.8) is 0 Å². The quantitative estimate of drug-likeness (QED) is 0.755. The minimum atomic E-state index is -4.35. The summed E-state index contributed by atoms with van der Waals surface area (Å²) in [6.07, 6.45) is -4.35. The maximum atomic E-state index is 13.7. The first-order valence-electron chi connectivity index (χ1n) is 6.48. The van der Waals surface area contributed by atoms with Crippen LogP contribution >= 0.6 is 0 Å². The molecule has 0 aliphatic rings. The number of hydrogen-bond acceptors (Lipinski definition) is 1. The first-order chi connectivity index (χ1) is 9.79. The summed E-state index contributed by atoms with van der Waals surface area (Å²) in [6, 6.07) is 9.28. The SMILES string of the molecule is Cc1cccc(F)c1NC(C)c1ccc(C(F)(F)F)cc1. The van der Waals surface area contributed by atoms with E-state index in [0.717, 1.165) is 17.7 Å². The first kappa shape index (κ1) is 15.4. The summed E-state index contributed by atoms with van der Waals surface area (Å²) >= 11 is 0. The van der Waals surface area contributed by atoms with Crippen molar-refractivity contribution in [2.45, 2.75) is 26.1 Å². The molecule has 21 heavy (non-hydrogen) atoms. The Morgan fingerprint density at radius 1 is 1.00 bits per heavy atom. The summed E-state index contributed by atoms with van der Waals surface area (Å²) < 4.78 is 51.3. The fraction of sp³-hybridized carbons (Fsp3) is 0.250. The summed E-state index contributed by atoms with van der Waals surface area (Å²) in [7, 11) is 0. The molecule has 0 heterocycles. The monoisotopic (exact) mass is 297 g/mol. The van der Waals surface area contributed by atoms with Gasteiger partial charge in [0.2, 0.25) is 0 Å². The number of halogens is 4. The summed E-state index contributed by atoms with van der Waals surface area (Å²) in [5, 5.41) is 3.00. The number of para-hydroxylation sites is 1. The van der Waals surface area contributed by atoms with E-state index in [0.29, 0.717) is 11.3 Å². The van der Waals surface area contributed by atoms with Crippen LogP contribution in [-0.4, -0.2) is 0 Å². The van der Waals surface area contributed by atoms with Gasteiger partial charge in [0, 0.05) is 6.04 Å². The molecule has 2 aromatic rings. The van der Waals surface area contributed by atoms with E-state index in [9.17, 15) is 17.6 Å². The zero-order chi connectivity index (χ0) is 15.6. The second kappa shape index (κ2) is 5.76. The number of nitrogens with one attached hydrogen (secondary N) is 1. The van der Waals surface area contributed by atoms with Gasteiger partial charge in [0.15, 0.2) is 0 Å². The van der Waals surface area contributed by atoms with Crippen LogP contribution in [0.2, 0.25) is 0 Å². The maximum Gasteiger partial charge on any atom is 0.416 e. The van der Waals surface area contributed by atoms with Gasteiger partial charge in [-0.1, -0.05) is 24.3 Å². The molecule has 1 atom stereocenters. The van der Waals surface area contributed by atoms with E-state index < -0.39 is 11.7 Å². The molecule has 0 spiro atoms. The summed E-state index contributed by atoms with van der Waals surface area (Å²) in [6.45, 7) is 3.54. The van der Waals surface area contributed by atoms with Crippen LogP contribution in [0, 0.1) is 12.7 Å². The van der Waals surface area contributed by atoms with E-state index in [2.05, 4.69) is 5.32 Å². The third-order valence-corrected chi connectivity index (χ3v) is 3.32. The van der Waals surface area contributed by atoms with Crippen LogP contribution in [0.15, 0.2) is 42.5 Å². The molecule has 0 aromatic heterocycles. The Bertz CT molecular complexity index is 597. The molecule has 0 fully saturated rings. The van der Waals surface area contributed by atoms with Crippen LogP contribution in [0.3, 0.4) is 0 Å². The minimum absolute atomic E-state index is 0.303. The first-order valence-corrected chi connectivity index (χ1v) is 6.48. The number of hydrogen-bond donors (Lipinski definition) is 1. The zero-order valence-electron chi connectivity index (χ0n) is 11.6. The van der Waals surface area contributed by atoms with Crippen molar-refractivity contribution in [2.75, 3.05) is 5.32 Å². The van der Waals surface area contributed by atoms with Gasteiger partial charge in [-0.25, -0.2) is 4.39 Å². The Kier molecular flexibility index (Phi) is 4.21. The van der Waals surface area contributed by atoms with E-state index in [1.54, 1.807) is 26.0 Å². The van der Waals surface area contributed by atoms with Crippen LogP contribution < -0.4 is 5.32 Å². The number of alkyl halides is 3. The zero-order valence-corrected chi connectivity index (χ0v) is 11.6. The van der Waals surface area contributed by atoms with Gasteiger partial charge in [0.1, 0.15) is 5.82 Å². The van der Waals surface area contributed by atoms with Gasteiger partial charge in [-0.15, -0.1) is 0 Å². The predicted molar refractivity (Wildman–Crippen MR) is 74.6 cm³/mol. The van der Waals surface area contributed by atoms with Crippen molar-refractivity contribution in [1.29, 1.82) is 0 Å². The molecule has 1 unspecified atom stereocenters. The van der Waals surface area contributed by atoms with Crippen LogP contribution in [0.5, 0.6) is 0 Å². The van der Waals surface area contributed by atoms with Gasteiger partial charge in [0.25, 0.3) is 0 Å². The lowest BCUT2D eigenvalue weighted by atomic mass is 10.0. The molecule has 0 bridgehead atoms. The highest BCUT2D eigenvalue weighted by atomic mass is 19.4. The molecule has 112 valence electrons. The highest BCUT2D eigenvalue weighted by molar-refractivity contribution is 5.53. The fourth-order valence-corrected chi connectivity index (χ4v) is 2.08. The summed E-state index contributed by atoms with van der Waals surface area (Å²) in [4.78, 5) is 0. The number of anilines is 1. The number of aryl methyl sites for hydroxylation is 1. The average molecular weight is 297 g/mol. The Hall–Kier alpha value is -2.04. The second-order valence-corrected chi connectivity index (χ2v) is 4.92. The Morgan fingerprint density at radius 3 is 2.14 bits per heavy atom. The van der Waals surface area contributed by atoms with Crippen molar-refractivity contribution >= 4 is 5.69 Å². The molecule has 2 aromatic carbocycles. The largest absolute Gasteiger partial charge is 0.416 e. The van der Waals surface area contributed by atoms with E-state index in [1.165, 1.54) is 18.2 Å². The molecule has 0 saturated heterocycles. The van der Waals surface area contributed by atoms with Crippen molar-refractivity contribution in [1.82, 2.24) is 0 Å². The lowest BCUT2D eigenvalue weighted by Gasteiger charge is -2.18. The molecular formula is C16H15F4N. The summed E-state index contributed by atoms with van der Waals surface area (Å²) in [5.74, 6) is -0.381. The molecular weight excluding hydrogens is 282 g/mol. The van der Waals surface area contributed by atoms with Crippen LogP contribution in [0.25, 0.3) is 0 Å². The van der Waals surface area contributed by atoms with Crippen molar-refractivity contribution < 1.29 is 17.6 Å². The highest BCUT2D eigenvalue weighted by Crippen LogP contribution is 2.31. The van der Waals surface area contributed by atoms with E-state index >= 15 is 0 Å². The highest BCUT2D eigenvalue weighted by Gasteiger charge is 2.30. The van der Waals surface area contributed by atoms with Crippen LogP contribution in [-0.2, 0) is 6.18 Å². The van der Waals surface area contributed by atoms with E-state index in [-0.39, 0.29) is 11.9 Å². The number of rotatable bonds is 3. The minimum Gasteiger partial charge on any atom is -0.376 e.